The Morgan fingerprint density at radius 1 is 1.30 bits per heavy atom. The Labute approximate surface area is 119 Å². The highest BCUT2D eigenvalue weighted by Gasteiger charge is 2.20. The molecular weight excluding hydrogens is 256 g/mol. The summed E-state index contributed by atoms with van der Waals surface area (Å²) in [5, 5.41) is 3.35. The van der Waals surface area contributed by atoms with Crippen molar-refractivity contribution in [3.8, 4) is 0 Å². The van der Waals surface area contributed by atoms with Crippen LogP contribution in [0.15, 0.2) is 23.7 Å². The second kappa shape index (κ2) is 6.93. The Hall–Kier alpha value is -2.05. The number of piperazine rings is 1. The monoisotopic (exact) mass is 278 g/mol. The molecule has 0 aromatic carbocycles. The number of guanidine groups is 1. The number of nitrogens with one attached hydrogen (secondary N) is 1. The molecule has 1 aliphatic rings. The van der Waals surface area contributed by atoms with Crippen molar-refractivity contribution >= 4 is 11.9 Å². The molecule has 0 spiro atoms. The van der Waals surface area contributed by atoms with Crippen molar-refractivity contribution in [2.45, 2.75) is 13.5 Å². The second-order valence-corrected chi connectivity index (χ2v) is 4.77. The molecule has 1 N–H and O–H groups in total. The van der Waals surface area contributed by atoms with Gasteiger partial charge < -0.3 is 19.7 Å². The number of rotatable bonds is 3. The van der Waals surface area contributed by atoms with Crippen LogP contribution in [0.3, 0.4) is 0 Å². The number of nitrogens with zero attached hydrogens (tertiary/aromatic N) is 5. The van der Waals surface area contributed by atoms with Crippen LogP contribution in [0.1, 0.15) is 6.92 Å². The lowest BCUT2D eigenvalue weighted by atomic mass is 10.3. The molecule has 110 valence electrons. The molecule has 7 nitrogen and oxygen atoms in total. The Bertz CT molecular complexity index is 447. The van der Waals surface area contributed by atoms with Gasteiger partial charge >= 0.3 is 0 Å². The lowest BCUT2D eigenvalue weighted by Crippen LogP contribution is -2.53. The number of hydrogen-bond acceptors (Lipinski definition) is 3. The minimum absolute atomic E-state index is 0.146. The van der Waals surface area contributed by atoms with Gasteiger partial charge in [0.05, 0.1) is 6.33 Å². The van der Waals surface area contributed by atoms with Crippen molar-refractivity contribution in [1.29, 1.82) is 0 Å². The third-order valence-corrected chi connectivity index (χ3v) is 3.45. The quantitative estimate of drug-likeness (QED) is 0.605. The predicted octanol–water partition coefficient (Wildman–Crippen LogP) is -0.377. The average molecular weight is 278 g/mol. The van der Waals surface area contributed by atoms with Gasteiger partial charge in [0.2, 0.25) is 5.91 Å². The van der Waals surface area contributed by atoms with Crippen LogP contribution in [0.25, 0.3) is 0 Å². The summed E-state index contributed by atoms with van der Waals surface area (Å²) in [6.07, 6.45) is 5.52. The van der Waals surface area contributed by atoms with Crippen molar-refractivity contribution < 1.29 is 4.79 Å². The molecule has 1 amide bonds. The van der Waals surface area contributed by atoms with Crippen LogP contribution >= 0.6 is 0 Å². The third kappa shape index (κ3) is 3.72. The molecule has 0 unspecified atom stereocenters. The normalized spacial score (nSPS) is 16.4. The highest BCUT2D eigenvalue weighted by Crippen LogP contribution is 2.02. The average Bonchev–Trinajstić information content (AvgIpc) is 2.97. The van der Waals surface area contributed by atoms with Gasteiger partial charge in [-0.05, 0) is 0 Å². The lowest BCUT2D eigenvalue weighted by molar-refractivity contribution is -0.130. The first-order valence-corrected chi connectivity index (χ1v) is 6.87. The van der Waals surface area contributed by atoms with E-state index in [0.29, 0.717) is 0 Å². The maximum Gasteiger partial charge on any atom is 0.219 e. The van der Waals surface area contributed by atoms with Crippen LogP contribution in [-0.4, -0.2) is 71.0 Å². The van der Waals surface area contributed by atoms with E-state index in [-0.39, 0.29) is 5.91 Å². The minimum atomic E-state index is 0.146. The summed E-state index contributed by atoms with van der Waals surface area (Å²) in [5.74, 6) is 1.04. The van der Waals surface area contributed by atoms with Gasteiger partial charge in [0.1, 0.15) is 0 Å². The van der Waals surface area contributed by atoms with Crippen LogP contribution in [0.2, 0.25) is 0 Å². The van der Waals surface area contributed by atoms with Crippen LogP contribution in [0, 0.1) is 0 Å². The van der Waals surface area contributed by atoms with Crippen LogP contribution in [-0.2, 0) is 11.3 Å². The van der Waals surface area contributed by atoms with Gasteiger partial charge in [-0.1, -0.05) is 0 Å². The lowest BCUT2D eigenvalue weighted by Gasteiger charge is -2.36. The number of imidazole rings is 1. The SMILES string of the molecule is CN=C(NCCn1ccnc1)N1CCN(C(C)=O)CC1. The van der Waals surface area contributed by atoms with Gasteiger partial charge in [0.15, 0.2) is 5.96 Å². The van der Waals surface area contributed by atoms with Crippen LogP contribution in [0.5, 0.6) is 0 Å². The predicted molar refractivity (Wildman–Crippen MR) is 77.4 cm³/mol. The summed E-state index contributed by atoms with van der Waals surface area (Å²) < 4.78 is 2.02. The second-order valence-electron chi connectivity index (χ2n) is 4.77. The number of amides is 1. The molecular formula is C13H22N6O. The van der Waals surface area contributed by atoms with Crippen molar-refractivity contribution in [1.82, 2.24) is 24.7 Å². The number of hydrogen-bond donors (Lipinski definition) is 1. The molecule has 7 heteroatoms. The summed E-state index contributed by atoms with van der Waals surface area (Å²) in [6, 6.07) is 0. The minimum Gasteiger partial charge on any atom is -0.354 e. The third-order valence-electron chi connectivity index (χ3n) is 3.45. The van der Waals surface area contributed by atoms with E-state index in [4.69, 9.17) is 0 Å². The van der Waals surface area contributed by atoms with Crippen molar-refractivity contribution in [3.05, 3.63) is 18.7 Å². The summed E-state index contributed by atoms with van der Waals surface area (Å²) in [5.41, 5.74) is 0. The summed E-state index contributed by atoms with van der Waals surface area (Å²) in [6.45, 7) is 6.44. The molecule has 2 rings (SSSR count). The van der Waals surface area contributed by atoms with E-state index >= 15 is 0 Å². The van der Waals surface area contributed by atoms with E-state index in [9.17, 15) is 4.79 Å². The summed E-state index contributed by atoms with van der Waals surface area (Å²) in [4.78, 5) is 23.7. The smallest absolute Gasteiger partial charge is 0.219 e. The molecule has 0 aliphatic carbocycles. The van der Waals surface area contributed by atoms with E-state index in [1.807, 2.05) is 15.7 Å². The Balaban J connectivity index is 1.76. The van der Waals surface area contributed by atoms with E-state index in [1.54, 1.807) is 26.5 Å². The summed E-state index contributed by atoms with van der Waals surface area (Å²) in [7, 11) is 1.79. The summed E-state index contributed by atoms with van der Waals surface area (Å²) >= 11 is 0. The van der Waals surface area contributed by atoms with E-state index < -0.39 is 0 Å². The Morgan fingerprint density at radius 2 is 2.00 bits per heavy atom. The van der Waals surface area contributed by atoms with Crippen LogP contribution < -0.4 is 5.32 Å². The number of carbonyl (C=O) groups is 1. The molecule has 1 aromatic rings. The van der Waals surface area contributed by atoms with Gasteiger partial charge in [-0.2, -0.15) is 0 Å². The van der Waals surface area contributed by atoms with E-state index in [1.165, 1.54) is 0 Å². The van der Waals surface area contributed by atoms with Gasteiger partial charge in [0, 0.05) is 65.6 Å². The molecule has 0 radical (unpaired) electrons. The van der Waals surface area contributed by atoms with Gasteiger partial charge in [0.25, 0.3) is 0 Å². The fourth-order valence-corrected chi connectivity index (χ4v) is 2.28. The van der Waals surface area contributed by atoms with Crippen molar-refractivity contribution in [2.24, 2.45) is 4.99 Å². The number of carbonyl (C=O) groups excluding carboxylic acids is 1. The Kier molecular flexibility index (Phi) is 4.97. The maximum absolute atomic E-state index is 11.3. The molecule has 0 bridgehead atoms. The molecule has 1 aliphatic heterocycles. The maximum atomic E-state index is 11.3. The van der Waals surface area contributed by atoms with E-state index in [2.05, 4.69) is 20.2 Å². The molecule has 0 saturated carbocycles. The van der Waals surface area contributed by atoms with Crippen LogP contribution in [0.4, 0.5) is 0 Å². The fourth-order valence-electron chi connectivity index (χ4n) is 2.28. The van der Waals surface area contributed by atoms with Gasteiger partial charge in [-0.3, -0.25) is 9.79 Å². The largest absolute Gasteiger partial charge is 0.354 e. The first kappa shape index (κ1) is 14.4. The zero-order chi connectivity index (χ0) is 14.4. The highest BCUT2D eigenvalue weighted by molar-refractivity contribution is 5.80. The number of aromatic nitrogens is 2. The number of aliphatic imine (C=N–C) groups is 1. The molecule has 2 heterocycles. The van der Waals surface area contributed by atoms with Gasteiger partial charge in [-0.25, -0.2) is 4.98 Å². The Morgan fingerprint density at radius 3 is 2.55 bits per heavy atom. The molecule has 1 fully saturated rings. The van der Waals surface area contributed by atoms with E-state index in [0.717, 1.165) is 45.2 Å². The molecule has 1 saturated heterocycles. The molecule has 20 heavy (non-hydrogen) atoms. The molecule has 1 aromatic heterocycles. The first-order valence-electron chi connectivity index (χ1n) is 6.87. The fraction of sp³-hybridized carbons (Fsp3) is 0.615. The zero-order valence-electron chi connectivity index (χ0n) is 12.1. The van der Waals surface area contributed by atoms with Crippen molar-refractivity contribution in [2.75, 3.05) is 39.8 Å². The zero-order valence-corrected chi connectivity index (χ0v) is 12.1. The van der Waals surface area contributed by atoms with Gasteiger partial charge in [-0.15, -0.1) is 0 Å². The standard InChI is InChI=1S/C13H22N6O/c1-12(20)18-7-9-19(10-8-18)13(14-2)16-4-6-17-5-3-15-11-17/h3,5,11H,4,6-10H2,1-2H3,(H,14,16). The highest BCUT2D eigenvalue weighted by atomic mass is 16.2. The van der Waals surface area contributed by atoms with Crippen molar-refractivity contribution in [3.63, 3.8) is 0 Å². The topological polar surface area (TPSA) is 65.8 Å². The molecule has 0 atom stereocenters. The first-order chi connectivity index (χ1) is 9.70.